The zero-order valence-electron chi connectivity index (χ0n) is 7.61. The molecule has 4 nitrogen and oxygen atoms in total. The quantitative estimate of drug-likeness (QED) is 0.719. The van der Waals surface area contributed by atoms with Gasteiger partial charge in [-0.15, -0.1) is 0 Å². The monoisotopic (exact) mass is 177 g/mol. The van der Waals surface area contributed by atoms with E-state index in [4.69, 9.17) is 10.2 Å². The molecule has 0 atom stereocenters. The number of hydrogen-bond donors (Lipinski definition) is 1. The summed E-state index contributed by atoms with van der Waals surface area (Å²) in [4.78, 5) is 0. The lowest BCUT2D eigenvalue weighted by atomic mass is 10.2. The minimum Gasteiger partial charge on any atom is -0.469 e. The summed E-state index contributed by atoms with van der Waals surface area (Å²) in [6.07, 6.45) is 3.29. The fraction of sp³-hybridized carbons (Fsp3) is 0.222. The van der Waals surface area contributed by atoms with Gasteiger partial charge >= 0.3 is 0 Å². The molecule has 4 heteroatoms. The van der Waals surface area contributed by atoms with Crippen LogP contribution in [0, 0.1) is 6.92 Å². The van der Waals surface area contributed by atoms with Crippen molar-refractivity contribution in [3.8, 4) is 11.3 Å². The molecular weight excluding hydrogens is 166 g/mol. The highest BCUT2D eigenvalue weighted by molar-refractivity contribution is 5.73. The minimum atomic E-state index is 0.673. The predicted molar refractivity (Wildman–Crippen MR) is 50.1 cm³/mol. The highest BCUT2D eigenvalue weighted by atomic mass is 16.3. The molecule has 2 rings (SSSR count). The van der Waals surface area contributed by atoms with Crippen LogP contribution in [0.4, 0.5) is 5.69 Å². The van der Waals surface area contributed by atoms with Crippen molar-refractivity contribution in [3.63, 3.8) is 0 Å². The molecule has 0 bridgehead atoms. The van der Waals surface area contributed by atoms with E-state index in [-0.39, 0.29) is 0 Å². The number of aromatic nitrogens is 2. The molecule has 2 aromatic rings. The van der Waals surface area contributed by atoms with E-state index < -0.39 is 0 Å². The van der Waals surface area contributed by atoms with E-state index in [0.29, 0.717) is 5.69 Å². The number of nitrogen functional groups attached to an aromatic ring is 1. The van der Waals surface area contributed by atoms with E-state index in [1.54, 1.807) is 17.1 Å². The van der Waals surface area contributed by atoms with Gasteiger partial charge in [0.25, 0.3) is 0 Å². The highest BCUT2D eigenvalue weighted by Crippen LogP contribution is 2.28. The molecule has 2 aromatic heterocycles. The average Bonchev–Trinajstić information content (AvgIpc) is 2.60. The van der Waals surface area contributed by atoms with Crippen LogP contribution in [0.15, 0.2) is 22.9 Å². The van der Waals surface area contributed by atoms with Crippen molar-refractivity contribution in [3.05, 3.63) is 24.3 Å². The van der Waals surface area contributed by atoms with Crippen LogP contribution in [0.2, 0.25) is 0 Å². The first kappa shape index (κ1) is 7.91. The molecule has 0 saturated carbocycles. The van der Waals surface area contributed by atoms with Gasteiger partial charge in [0.1, 0.15) is 5.76 Å². The average molecular weight is 177 g/mol. The van der Waals surface area contributed by atoms with Gasteiger partial charge in [-0.1, -0.05) is 0 Å². The Morgan fingerprint density at radius 1 is 1.54 bits per heavy atom. The summed E-state index contributed by atoms with van der Waals surface area (Å²) in [5.74, 6) is 0.857. The first-order valence-corrected chi connectivity index (χ1v) is 4.02. The van der Waals surface area contributed by atoms with Crippen molar-refractivity contribution in [2.75, 3.05) is 5.73 Å². The molecule has 0 aromatic carbocycles. The normalized spacial score (nSPS) is 10.6. The van der Waals surface area contributed by atoms with Crippen LogP contribution >= 0.6 is 0 Å². The van der Waals surface area contributed by atoms with Gasteiger partial charge in [-0.25, -0.2) is 0 Å². The Morgan fingerprint density at radius 2 is 2.31 bits per heavy atom. The lowest BCUT2D eigenvalue weighted by Gasteiger charge is -2.00. The molecule has 0 radical (unpaired) electrons. The molecule has 2 heterocycles. The molecule has 0 amide bonds. The van der Waals surface area contributed by atoms with Crippen molar-refractivity contribution in [1.82, 2.24) is 9.78 Å². The summed E-state index contributed by atoms with van der Waals surface area (Å²) in [6, 6.07) is 1.89. The third-order valence-electron chi connectivity index (χ3n) is 2.08. The maximum atomic E-state index is 5.78. The summed E-state index contributed by atoms with van der Waals surface area (Å²) in [5.41, 5.74) is 8.36. The molecule has 0 spiro atoms. The topological polar surface area (TPSA) is 57.0 Å². The van der Waals surface area contributed by atoms with Crippen LogP contribution in [0.5, 0.6) is 0 Å². The van der Waals surface area contributed by atoms with E-state index in [2.05, 4.69) is 5.10 Å². The van der Waals surface area contributed by atoms with Gasteiger partial charge in [-0.05, 0) is 13.0 Å². The Bertz CT molecular complexity index is 408. The van der Waals surface area contributed by atoms with Crippen molar-refractivity contribution in [2.24, 2.45) is 7.05 Å². The van der Waals surface area contributed by atoms with Gasteiger partial charge in [0.15, 0.2) is 0 Å². The number of anilines is 1. The van der Waals surface area contributed by atoms with Crippen LogP contribution in [0.3, 0.4) is 0 Å². The summed E-state index contributed by atoms with van der Waals surface area (Å²) >= 11 is 0. The third-order valence-corrected chi connectivity index (χ3v) is 2.08. The van der Waals surface area contributed by atoms with E-state index in [9.17, 15) is 0 Å². The maximum Gasteiger partial charge on any atom is 0.110 e. The van der Waals surface area contributed by atoms with Gasteiger partial charge in [0.05, 0.1) is 23.8 Å². The second-order valence-electron chi connectivity index (χ2n) is 2.96. The number of furan rings is 1. The Labute approximate surface area is 76.0 Å². The van der Waals surface area contributed by atoms with Crippen LogP contribution in [-0.2, 0) is 7.05 Å². The van der Waals surface area contributed by atoms with Crippen molar-refractivity contribution in [1.29, 1.82) is 0 Å². The number of nitrogens with zero attached hydrogens (tertiary/aromatic N) is 2. The number of nitrogens with two attached hydrogens (primary N) is 1. The van der Waals surface area contributed by atoms with Gasteiger partial charge < -0.3 is 10.2 Å². The van der Waals surface area contributed by atoms with Crippen LogP contribution in [-0.4, -0.2) is 9.78 Å². The van der Waals surface area contributed by atoms with E-state index >= 15 is 0 Å². The van der Waals surface area contributed by atoms with Crippen LogP contribution in [0.1, 0.15) is 5.76 Å². The Kier molecular flexibility index (Phi) is 1.62. The summed E-state index contributed by atoms with van der Waals surface area (Å²) < 4.78 is 6.94. The smallest absolute Gasteiger partial charge is 0.110 e. The molecule has 0 aliphatic rings. The Morgan fingerprint density at radius 3 is 2.77 bits per heavy atom. The van der Waals surface area contributed by atoms with Gasteiger partial charge in [0.2, 0.25) is 0 Å². The standard InChI is InChI=1S/C9H11N3O/c1-6-7(3-4-13-6)9-8(10)5-11-12(9)2/h3-5H,10H2,1-2H3. The van der Waals surface area contributed by atoms with Crippen LogP contribution < -0.4 is 5.73 Å². The molecular formula is C9H11N3O. The first-order chi connectivity index (χ1) is 6.20. The lowest BCUT2D eigenvalue weighted by Crippen LogP contribution is -1.95. The summed E-state index contributed by atoms with van der Waals surface area (Å²) in [5, 5.41) is 4.06. The molecule has 0 aliphatic carbocycles. The van der Waals surface area contributed by atoms with Gasteiger partial charge in [-0.3, -0.25) is 4.68 Å². The van der Waals surface area contributed by atoms with Gasteiger partial charge in [0, 0.05) is 12.6 Å². The van der Waals surface area contributed by atoms with E-state index in [0.717, 1.165) is 17.0 Å². The largest absolute Gasteiger partial charge is 0.469 e. The summed E-state index contributed by atoms with van der Waals surface area (Å²) in [6.45, 7) is 1.90. The van der Waals surface area contributed by atoms with Gasteiger partial charge in [-0.2, -0.15) is 5.10 Å². The van der Waals surface area contributed by atoms with Crippen LogP contribution in [0.25, 0.3) is 11.3 Å². The lowest BCUT2D eigenvalue weighted by molar-refractivity contribution is 0.535. The SMILES string of the molecule is Cc1occc1-c1c(N)cnn1C. The van der Waals surface area contributed by atoms with E-state index in [1.807, 2.05) is 20.0 Å². The number of hydrogen-bond acceptors (Lipinski definition) is 3. The molecule has 0 saturated heterocycles. The van der Waals surface area contributed by atoms with Crippen molar-refractivity contribution < 1.29 is 4.42 Å². The molecule has 13 heavy (non-hydrogen) atoms. The zero-order chi connectivity index (χ0) is 9.42. The predicted octanol–water partition coefficient (Wildman–Crippen LogP) is 1.57. The highest BCUT2D eigenvalue weighted by Gasteiger charge is 2.12. The fourth-order valence-corrected chi connectivity index (χ4v) is 1.41. The number of rotatable bonds is 1. The second kappa shape index (κ2) is 2.65. The Hall–Kier alpha value is -1.71. The van der Waals surface area contributed by atoms with E-state index in [1.165, 1.54) is 0 Å². The molecule has 0 fully saturated rings. The first-order valence-electron chi connectivity index (χ1n) is 4.02. The minimum absolute atomic E-state index is 0.673. The summed E-state index contributed by atoms with van der Waals surface area (Å²) in [7, 11) is 1.86. The third kappa shape index (κ3) is 1.11. The molecule has 2 N–H and O–H groups in total. The Balaban J connectivity index is 2.64. The maximum absolute atomic E-state index is 5.78. The fourth-order valence-electron chi connectivity index (χ4n) is 1.41. The molecule has 0 aliphatic heterocycles. The van der Waals surface area contributed by atoms with Crippen molar-refractivity contribution >= 4 is 5.69 Å². The zero-order valence-corrected chi connectivity index (χ0v) is 7.61. The molecule has 68 valence electrons. The second-order valence-corrected chi connectivity index (χ2v) is 2.96. The van der Waals surface area contributed by atoms with Crippen molar-refractivity contribution in [2.45, 2.75) is 6.92 Å². The molecule has 0 unspecified atom stereocenters. The number of aryl methyl sites for hydroxylation is 2.